The maximum absolute atomic E-state index is 12.9. The largest absolute Gasteiger partial charge is 0.481 e. The van der Waals surface area contributed by atoms with E-state index in [4.69, 9.17) is 16.3 Å². The second kappa shape index (κ2) is 7.33. The highest BCUT2D eigenvalue weighted by molar-refractivity contribution is 6.30. The molecule has 2 aromatic carbocycles. The number of ether oxygens (including phenoxy) is 1. The Bertz CT molecular complexity index is 805. The van der Waals surface area contributed by atoms with Crippen LogP contribution in [0.15, 0.2) is 48.5 Å². The maximum atomic E-state index is 12.9. The van der Waals surface area contributed by atoms with E-state index in [1.54, 1.807) is 12.1 Å². The van der Waals surface area contributed by atoms with Crippen LogP contribution in [-0.2, 0) is 15.0 Å². The van der Waals surface area contributed by atoms with Gasteiger partial charge in [-0.05, 0) is 61.7 Å². The molecule has 0 saturated heterocycles. The summed E-state index contributed by atoms with van der Waals surface area (Å²) in [5.74, 6) is -0.810. The molecule has 0 heterocycles. The van der Waals surface area contributed by atoms with Gasteiger partial charge in [0, 0.05) is 5.02 Å². The molecule has 2 amide bonds. The molecule has 1 aliphatic rings. The Labute approximate surface area is 155 Å². The molecule has 1 aliphatic carbocycles. The third-order valence-corrected chi connectivity index (χ3v) is 4.63. The van der Waals surface area contributed by atoms with Crippen molar-refractivity contribution >= 4 is 23.4 Å². The summed E-state index contributed by atoms with van der Waals surface area (Å²) >= 11 is 5.88. The first-order chi connectivity index (χ1) is 12.4. The van der Waals surface area contributed by atoms with E-state index >= 15 is 0 Å². The van der Waals surface area contributed by atoms with Gasteiger partial charge in [-0.2, -0.15) is 0 Å². The van der Waals surface area contributed by atoms with E-state index in [9.17, 15) is 14.0 Å². The number of rotatable bonds is 5. The molecule has 136 valence electrons. The molecule has 0 radical (unpaired) electrons. The zero-order valence-electron chi connectivity index (χ0n) is 14.1. The Hall–Kier alpha value is -2.60. The van der Waals surface area contributed by atoms with Gasteiger partial charge in [-0.3, -0.25) is 20.4 Å². The lowest BCUT2D eigenvalue weighted by Crippen LogP contribution is -2.50. The Morgan fingerprint density at radius 2 is 1.69 bits per heavy atom. The van der Waals surface area contributed by atoms with Gasteiger partial charge in [-0.25, -0.2) is 4.39 Å². The van der Waals surface area contributed by atoms with Crippen LogP contribution in [0.1, 0.15) is 25.3 Å². The zero-order valence-corrected chi connectivity index (χ0v) is 14.8. The summed E-state index contributed by atoms with van der Waals surface area (Å²) in [6, 6.07) is 12.4. The monoisotopic (exact) mass is 376 g/mol. The van der Waals surface area contributed by atoms with Gasteiger partial charge in [0.05, 0.1) is 5.41 Å². The average molecular weight is 377 g/mol. The summed E-state index contributed by atoms with van der Waals surface area (Å²) in [5.41, 5.74) is 5.08. The summed E-state index contributed by atoms with van der Waals surface area (Å²) < 4.78 is 18.3. The zero-order chi connectivity index (χ0) is 18.7. The Morgan fingerprint density at radius 3 is 2.27 bits per heavy atom. The fraction of sp³-hybridized carbons (Fsp3) is 0.263. The highest BCUT2D eigenvalue weighted by Crippen LogP contribution is 2.48. The smallest absolute Gasteiger partial charge is 0.279 e. The number of hydrogen-bond acceptors (Lipinski definition) is 3. The summed E-state index contributed by atoms with van der Waals surface area (Å²) in [5, 5.41) is 0.602. The van der Waals surface area contributed by atoms with Crippen LogP contribution in [0.25, 0.3) is 0 Å². The third kappa shape index (κ3) is 3.96. The predicted molar refractivity (Wildman–Crippen MR) is 95.1 cm³/mol. The third-order valence-electron chi connectivity index (χ3n) is 4.38. The molecular formula is C19H18ClFN2O3. The lowest BCUT2D eigenvalue weighted by atomic mass is 9.95. The van der Waals surface area contributed by atoms with Gasteiger partial charge >= 0.3 is 0 Å². The molecule has 2 N–H and O–H groups in total. The van der Waals surface area contributed by atoms with Crippen molar-refractivity contribution in [2.24, 2.45) is 0 Å². The van der Waals surface area contributed by atoms with Crippen LogP contribution in [0.3, 0.4) is 0 Å². The van der Waals surface area contributed by atoms with E-state index in [1.165, 1.54) is 31.2 Å². The van der Waals surface area contributed by atoms with Crippen LogP contribution >= 0.6 is 11.6 Å². The molecule has 3 rings (SSSR count). The normalized spacial score (nSPS) is 15.7. The maximum Gasteiger partial charge on any atom is 0.279 e. The molecule has 1 fully saturated rings. The van der Waals surface area contributed by atoms with E-state index in [0.717, 1.165) is 5.56 Å². The molecule has 0 aromatic heterocycles. The molecule has 7 heteroatoms. The van der Waals surface area contributed by atoms with Crippen LogP contribution in [-0.4, -0.2) is 17.9 Å². The van der Waals surface area contributed by atoms with E-state index in [0.29, 0.717) is 23.6 Å². The van der Waals surface area contributed by atoms with Crippen molar-refractivity contribution in [2.45, 2.75) is 31.3 Å². The molecule has 1 saturated carbocycles. The Morgan fingerprint density at radius 1 is 1.08 bits per heavy atom. The molecule has 0 aliphatic heterocycles. The highest BCUT2D eigenvalue weighted by Gasteiger charge is 2.51. The molecule has 26 heavy (non-hydrogen) atoms. The Balaban J connectivity index is 1.54. The summed E-state index contributed by atoms with van der Waals surface area (Å²) in [7, 11) is 0. The topological polar surface area (TPSA) is 67.4 Å². The molecule has 5 nitrogen and oxygen atoms in total. The van der Waals surface area contributed by atoms with Crippen LogP contribution in [0.4, 0.5) is 4.39 Å². The van der Waals surface area contributed by atoms with Crippen molar-refractivity contribution in [3.8, 4) is 5.75 Å². The lowest BCUT2D eigenvalue weighted by Gasteiger charge is -2.18. The van der Waals surface area contributed by atoms with Crippen molar-refractivity contribution in [3.63, 3.8) is 0 Å². The minimum Gasteiger partial charge on any atom is -0.481 e. The molecule has 0 spiro atoms. The van der Waals surface area contributed by atoms with Crippen molar-refractivity contribution < 1.29 is 18.7 Å². The molecule has 2 aromatic rings. The van der Waals surface area contributed by atoms with E-state index in [-0.39, 0.29) is 5.91 Å². The highest BCUT2D eigenvalue weighted by atomic mass is 35.5. The SMILES string of the molecule is C[C@@H](Oc1ccc(F)cc1)C(=O)NNC(=O)C1(c2ccc(Cl)cc2)CC1. The summed E-state index contributed by atoms with van der Waals surface area (Å²) in [6.07, 6.45) is 0.557. The fourth-order valence-electron chi connectivity index (χ4n) is 2.65. The van der Waals surface area contributed by atoms with Crippen LogP contribution in [0, 0.1) is 5.82 Å². The van der Waals surface area contributed by atoms with Gasteiger partial charge in [0.2, 0.25) is 5.91 Å². The van der Waals surface area contributed by atoms with Crippen molar-refractivity contribution in [3.05, 3.63) is 64.9 Å². The minimum absolute atomic E-state index is 0.276. The van der Waals surface area contributed by atoms with Gasteiger partial charge in [-0.15, -0.1) is 0 Å². The second-order valence-corrected chi connectivity index (χ2v) is 6.68. The summed E-state index contributed by atoms with van der Waals surface area (Å²) in [4.78, 5) is 24.6. The minimum atomic E-state index is -0.855. The molecular weight excluding hydrogens is 359 g/mol. The van der Waals surface area contributed by atoms with Crippen molar-refractivity contribution in [2.75, 3.05) is 0 Å². The van der Waals surface area contributed by atoms with Crippen LogP contribution < -0.4 is 15.6 Å². The van der Waals surface area contributed by atoms with Gasteiger partial charge in [-0.1, -0.05) is 23.7 Å². The first kappa shape index (κ1) is 18.2. The Kier molecular flexibility index (Phi) is 5.13. The molecule has 0 bridgehead atoms. The van der Waals surface area contributed by atoms with E-state index < -0.39 is 23.2 Å². The van der Waals surface area contributed by atoms with Gasteiger partial charge in [0.25, 0.3) is 5.91 Å². The number of benzene rings is 2. The van der Waals surface area contributed by atoms with Crippen molar-refractivity contribution in [1.29, 1.82) is 0 Å². The molecule has 1 atom stereocenters. The number of nitrogens with one attached hydrogen (secondary N) is 2. The van der Waals surface area contributed by atoms with E-state index in [1.807, 2.05) is 12.1 Å². The number of carbonyl (C=O) groups is 2. The quantitative estimate of drug-likeness (QED) is 0.788. The molecule has 0 unspecified atom stereocenters. The summed E-state index contributed by atoms with van der Waals surface area (Å²) in [6.45, 7) is 1.54. The van der Waals surface area contributed by atoms with Crippen LogP contribution in [0.2, 0.25) is 5.02 Å². The van der Waals surface area contributed by atoms with Crippen LogP contribution in [0.5, 0.6) is 5.75 Å². The second-order valence-electron chi connectivity index (χ2n) is 6.25. The predicted octanol–water partition coefficient (Wildman–Crippen LogP) is 3.13. The fourth-order valence-corrected chi connectivity index (χ4v) is 2.78. The number of hydrazine groups is 1. The first-order valence-corrected chi connectivity index (χ1v) is 8.57. The van der Waals surface area contributed by atoms with Crippen molar-refractivity contribution in [1.82, 2.24) is 10.9 Å². The van der Waals surface area contributed by atoms with Gasteiger partial charge in [0.15, 0.2) is 6.10 Å². The number of hydrogen-bond donors (Lipinski definition) is 2. The standard InChI is InChI=1S/C19H18ClFN2O3/c1-12(26-16-8-6-15(21)7-9-16)17(24)22-23-18(25)19(10-11-19)13-2-4-14(20)5-3-13/h2-9,12H,10-11H2,1H3,(H,22,24)(H,23,25)/t12-/m1/s1. The van der Waals surface area contributed by atoms with E-state index in [2.05, 4.69) is 10.9 Å². The average Bonchev–Trinajstić information content (AvgIpc) is 3.43. The van der Waals surface area contributed by atoms with Gasteiger partial charge < -0.3 is 4.74 Å². The lowest BCUT2D eigenvalue weighted by molar-refractivity contribution is -0.133. The number of carbonyl (C=O) groups excluding carboxylic acids is 2. The number of amides is 2. The van der Waals surface area contributed by atoms with Gasteiger partial charge in [0.1, 0.15) is 11.6 Å². The first-order valence-electron chi connectivity index (χ1n) is 8.19. The number of halogens is 2.